The minimum absolute atomic E-state index is 0.334. The molecule has 4 heteroatoms. The number of furan rings is 1. The lowest BCUT2D eigenvalue weighted by atomic mass is 10.0. The van der Waals surface area contributed by atoms with Gasteiger partial charge in [0.05, 0.1) is 0 Å². The zero-order valence-electron chi connectivity index (χ0n) is 13.6. The molecule has 0 saturated carbocycles. The van der Waals surface area contributed by atoms with Gasteiger partial charge in [0.1, 0.15) is 5.58 Å². The second-order valence-electron chi connectivity index (χ2n) is 6.41. The van der Waals surface area contributed by atoms with Crippen LogP contribution in [0.3, 0.4) is 0 Å². The van der Waals surface area contributed by atoms with Crippen molar-refractivity contribution in [1.29, 1.82) is 0 Å². The van der Waals surface area contributed by atoms with Gasteiger partial charge in [-0.3, -0.25) is 14.7 Å². The highest BCUT2D eigenvalue weighted by atomic mass is 16.3. The van der Waals surface area contributed by atoms with E-state index in [2.05, 4.69) is 34.1 Å². The third-order valence-electron chi connectivity index (χ3n) is 4.68. The monoisotopic (exact) mass is 320 g/mol. The molecule has 1 aliphatic rings. The van der Waals surface area contributed by atoms with Crippen LogP contribution >= 0.6 is 0 Å². The molecule has 0 atom stereocenters. The van der Waals surface area contributed by atoms with Gasteiger partial charge < -0.3 is 4.42 Å². The molecule has 1 fully saturated rings. The normalized spacial score (nSPS) is 15.7. The molecule has 0 spiro atoms. The largest absolute Gasteiger partial charge is 0.453 e. The molecule has 2 aromatic heterocycles. The van der Waals surface area contributed by atoms with Crippen LogP contribution in [0.25, 0.3) is 22.1 Å². The maximum absolute atomic E-state index is 10.9. The third kappa shape index (κ3) is 2.97. The van der Waals surface area contributed by atoms with Crippen molar-refractivity contribution < 1.29 is 9.21 Å². The van der Waals surface area contributed by atoms with Crippen LogP contribution in [0.1, 0.15) is 35.4 Å². The number of hydrogen-bond acceptors (Lipinski definition) is 4. The highest BCUT2D eigenvalue weighted by Gasteiger charge is 2.12. The second kappa shape index (κ2) is 6.57. The fraction of sp³-hybridized carbons (Fsp3) is 0.300. The predicted octanol–water partition coefficient (Wildman–Crippen LogP) is 4.29. The maximum atomic E-state index is 10.9. The van der Waals surface area contributed by atoms with E-state index < -0.39 is 0 Å². The van der Waals surface area contributed by atoms with Crippen molar-refractivity contribution in [2.24, 2.45) is 0 Å². The molecular formula is C20H20N2O2. The van der Waals surface area contributed by atoms with Crippen LogP contribution in [0.5, 0.6) is 0 Å². The molecule has 3 aromatic rings. The van der Waals surface area contributed by atoms with Crippen molar-refractivity contribution in [3.63, 3.8) is 0 Å². The van der Waals surface area contributed by atoms with Crippen molar-refractivity contribution >= 4 is 17.3 Å². The molecule has 1 aliphatic heterocycles. The van der Waals surface area contributed by atoms with E-state index in [0.29, 0.717) is 5.76 Å². The fourth-order valence-corrected chi connectivity index (χ4v) is 3.41. The van der Waals surface area contributed by atoms with Crippen LogP contribution in [-0.4, -0.2) is 29.3 Å². The average Bonchev–Trinajstić information content (AvgIpc) is 3.07. The third-order valence-corrected chi connectivity index (χ3v) is 4.68. The molecule has 3 heterocycles. The highest BCUT2D eigenvalue weighted by molar-refractivity contribution is 5.94. The van der Waals surface area contributed by atoms with Crippen molar-refractivity contribution in [2.45, 2.75) is 25.8 Å². The van der Waals surface area contributed by atoms with Crippen molar-refractivity contribution in [2.75, 3.05) is 13.1 Å². The number of pyridine rings is 1. The van der Waals surface area contributed by atoms with E-state index in [4.69, 9.17) is 4.42 Å². The standard InChI is InChI=1S/C20H20N2O2/c23-14-18-10-17-11-21-12-19(20(17)24-18)16-6-4-15(5-7-16)13-22-8-2-1-3-9-22/h4-7,10-12,14H,1-3,8-9,13H2. The van der Waals surface area contributed by atoms with Gasteiger partial charge in [-0.25, -0.2) is 0 Å². The fourth-order valence-electron chi connectivity index (χ4n) is 3.41. The molecule has 4 rings (SSSR count). The molecule has 0 aliphatic carbocycles. The Labute approximate surface area is 141 Å². The summed E-state index contributed by atoms with van der Waals surface area (Å²) in [7, 11) is 0. The number of nitrogens with zero attached hydrogens (tertiary/aromatic N) is 2. The Kier molecular flexibility index (Phi) is 4.13. The van der Waals surface area contributed by atoms with Crippen molar-refractivity contribution in [3.05, 3.63) is 54.0 Å². The molecular weight excluding hydrogens is 300 g/mol. The Balaban J connectivity index is 1.60. The predicted molar refractivity (Wildman–Crippen MR) is 94.0 cm³/mol. The van der Waals surface area contributed by atoms with E-state index in [1.807, 2.05) is 0 Å². The first-order valence-corrected chi connectivity index (χ1v) is 8.48. The van der Waals surface area contributed by atoms with Crippen LogP contribution in [0.2, 0.25) is 0 Å². The lowest BCUT2D eigenvalue weighted by Gasteiger charge is -2.26. The van der Waals surface area contributed by atoms with Crippen LogP contribution in [0.4, 0.5) is 0 Å². The highest BCUT2D eigenvalue weighted by Crippen LogP contribution is 2.30. The van der Waals surface area contributed by atoms with Crippen LogP contribution < -0.4 is 0 Å². The number of piperidine rings is 1. The van der Waals surface area contributed by atoms with E-state index >= 15 is 0 Å². The molecule has 0 radical (unpaired) electrons. The van der Waals surface area contributed by atoms with Gasteiger partial charge in [-0.1, -0.05) is 30.7 Å². The number of carbonyl (C=O) groups excluding carboxylic acids is 1. The van der Waals surface area contributed by atoms with E-state index in [0.717, 1.165) is 34.9 Å². The zero-order chi connectivity index (χ0) is 16.4. The molecule has 122 valence electrons. The number of likely N-dealkylation sites (tertiary alicyclic amines) is 1. The number of fused-ring (bicyclic) bond motifs is 1. The molecule has 0 bridgehead atoms. The number of benzene rings is 1. The number of carbonyl (C=O) groups is 1. The van der Waals surface area contributed by atoms with E-state index in [-0.39, 0.29) is 0 Å². The van der Waals surface area contributed by atoms with Gasteiger partial charge in [0, 0.05) is 29.9 Å². The van der Waals surface area contributed by atoms with Gasteiger partial charge in [-0.05, 0) is 43.1 Å². The summed E-state index contributed by atoms with van der Waals surface area (Å²) in [5.74, 6) is 0.334. The number of aromatic nitrogens is 1. The molecule has 24 heavy (non-hydrogen) atoms. The molecule has 0 amide bonds. The van der Waals surface area contributed by atoms with Crippen LogP contribution in [0, 0.1) is 0 Å². The van der Waals surface area contributed by atoms with Crippen LogP contribution in [0.15, 0.2) is 47.1 Å². The quantitative estimate of drug-likeness (QED) is 0.673. The second-order valence-corrected chi connectivity index (χ2v) is 6.41. The Morgan fingerprint density at radius 3 is 2.62 bits per heavy atom. The zero-order valence-corrected chi connectivity index (χ0v) is 13.6. The molecule has 4 nitrogen and oxygen atoms in total. The average molecular weight is 320 g/mol. The number of rotatable bonds is 4. The molecule has 1 aromatic carbocycles. The lowest BCUT2D eigenvalue weighted by molar-refractivity contribution is 0.110. The first-order chi connectivity index (χ1) is 11.8. The SMILES string of the molecule is O=Cc1cc2cncc(-c3ccc(CN4CCCCC4)cc3)c2o1. The number of aldehydes is 1. The first kappa shape index (κ1) is 15.1. The van der Waals surface area contributed by atoms with Gasteiger partial charge in [0.25, 0.3) is 0 Å². The van der Waals surface area contributed by atoms with E-state index in [1.165, 1.54) is 37.9 Å². The lowest BCUT2D eigenvalue weighted by Crippen LogP contribution is -2.28. The smallest absolute Gasteiger partial charge is 0.185 e. The molecule has 0 unspecified atom stereocenters. The Hall–Kier alpha value is -2.46. The summed E-state index contributed by atoms with van der Waals surface area (Å²) in [5, 5.41) is 0.854. The van der Waals surface area contributed by atoms with Gasteiger partial charge >= 0.3 is 0 Å². The molecule has 1 saturated heterocycles. The minimum Gasteiger partial charge on any atom is -0.453 e. The van der Waals surface area contributed by atoms with Gasteiger partial charge in [0.15, 0.2) is 12.0 Å². The summed E-state index contributed by atoms with van der Waals surface area (Å²) >= 11 is 0. The Morgan fingerprint density at radius 1 is 1.08 bits per heavy atom. The van der Waals surface area contributed by atoms with Gasteiger partial charge in [-0.15, -0.1) is 0 Å². The van der Waals surface area contributed by atoms with E-state index in [1.54, 1.807) is 18.5 Å². The minimum atomic E-state index is 0.334. The summed E-state index contributed by atoms with van der Waals surface area (Å²) in [6.45, 7) is 3.41. The summed E-state index contributed by atoms with van der Waals surface area (Å²) in [6, 6.07) is 10.3. The summed E-state index contributed by atoms with van der Waals surface area (Å²) in [5.41, 5.74) is 4.03. The summed E-state index contributed by atoms with van der Waals surface area (Å²) in [6.07, 6.45) is 8.22. The maximum Gasteiger partial charge on any atom is 0.185 e. The number of hydrogen-bond donors (Lipinski definition) is 0. The van der Waals surface area contributed by atoms with E-state index in [9.17, 15) is 4.79 Å². The summed E-state index contributed by atoms with van der Waals surface area (Å²) < 4.78 is 5.64. The Morgan fingerprint density at radius 2 is 1.88 bits per heavy atom. The van der Waals surface area contributed by atoms with Gasteiger partial charge in [-0.2, -0.15) is 0 Å². The molecule has 0 N–H and O–H groups in total. The van der Waals surface area contributed by atoms with Crippen molar-refractivity contribution in [3.8, 4) is 11.1 Å². The topological polar surface area (TPSA) is 46.3 Å². The van der Waals surface area contributed by atoms with Gasteiger partial charge in [0.2, 0.25) is 0 Å². The van der Waals surface area contributed by atoms with Crippen LogP contribution in [-0.2, 0) is 6.54 Å². The summed E-state index contributed by atoms with van der Waals surface area (Å²) in [4.78, 5) is 17.7. The Bertz CT molecular complexity index is 846. The van der Waals surface area contributed by atoms with Crippen molar-refractivity contribution in [1.82, 2.24) is 9.88 Å². The first-order valence-electron chi connectivity index (χ1n) is 8.48.